The Labute approximate surface area is 133 Å². The molecule has 4 heteroatoms. The third-order valence-electron chi connectivity index (χ3n) is 3.15. The molecule has 0 aliphatic carbocycles. The minimum Gasteiger partial charge on any atom is -0.389 e. The lowest BCUT2D eigenvalue weighted by molar-refractivity contribution is 0.254. The van der Waals surface area contributed by atoms with Gasteiger partial charge in [0.1, 0.15) is 5.82 Å². The van der Waals surface area contributed by atoms with E-state index >= 15 is 0 Å². The van der Waals surface area contributed by atoms with Gasteiger partial charge in [-0.1, -0.05) is 35.9 Å². The highest BCUT2D eigenvalue weighted by atomic mass is 35.5. The number of thioether (sulfide) groups is 1. The van der Waals surface area contributed by atoms with Crippen LogP contribution in [0, 0.1) is 5.82 Å². The van der Waals surface area contributed by atoms with Gasteiger partial charge in [0.15, 0.2) is 0 Å². The van der Waals surface area contributed by atoms with E-state index in [1.165, 1.54) is 12.1 Å². The van der Waals surface area contributed by atoms with E-state index in [2.05, 4.69) is 0 Å². The summed E-state index contributed by atoms with van der Waals surface area (Å²) in [5.41, 5.74) is 2.18. The van der Waals surface area contributed by atoms with Crippen molar-refractivity contribution >= 4 is 34.0 Å². The third-order valence-corrected chi connectivity index (χ3v) is 4.32. The van der Waals surface area contributed by atoms with Gasteiger partial charge in [-0.25, -0.2) is 4.39 Å². The number of benzene rings is 2. The number of hydrogen-bond donors (Lipinski definition) is 1. The number of halogens is 2. The van der Waals surface area contributed by atoms with Crippen LogP contribution in [0.2, 0.25) is 0 Å². The fraction of sp³-hybridized carbons (Fsp3) is 0.176. The molecule has 0 saturated carbocycles. The predicted molar refractivity (Wildman–Crippen MR) is 89.0 cm³/mol. The maximum Gasteiger partial charge on any atom is 0.123 e. The second kappa shape index (κ2) is 7.12. The van der Waals surface area contributed by atoms with Gasteiger partial charge in [0.2, 0.25) is 0 Å². The molecule has 0 fully saturated rings. The smallest absolute Gasteiger partial charge is 0.123 e. The molecule has 1 nitrogen and oxygen atoms in total. The molecule has 1 atom stereocenters. The van der Waals surface area contributed by atoms with Gasteiger partial charge in [0.05, 0.1) is 11.1 Å². The normalized spacial score (nSPS) is 13.8. The first-order valence-corrected chi connectivity index (χ1v) is 8.11. The van der Waals surface area contributed by atoms with Crippen molar-refractivity contribution in [3.05, 3.63) is 65.5 Å². The van der Waals surface area contributed by atoms with Crippen LogP contribution in [-0.4, -0.2) is 17.5 Å². The van der Waals surface area contributed by atoms with Gasteiger partial charge in [-0.15, -0.1) is 11.8 Å². The van der Waals surface area contributed by atoms with E-state index in [1.807, 2.05) is 30.5 Å². The molecule has 0 bridgehead atoms. The molecule has 0 aromatic heterocycles. The van der Waals surface area contributed by atoms with E-state index in [9.17, 15) is 9.50 Å². The van der Waals surface area contributed by atoms with Crippen LogP contribution in [0.4, 0.5) is 4.39 Å². The highest BCUT2D eigenvalue weighted by molar-refractivity contribution is 7.98. The first-order valence-electron chi connectivity index (χ1n) is 6.51. The molecule has 0 heterocycles. The molecule has 2 rings (SSSR count). The average molecular weight is 323 g/mol. The molecular weight excluding hydrogens is 307 g/mol. The van der Waals surface area contributed by atoms with Crippen molar-refractivity contribution in [3.8, 4) is 0 Å². The van der Waals surface area contributed by atoms with Crippen molar-refractivity contribution in [2.75, 3.05) is 6.26 Å². The van der Waals surface area contributed by atoms with Crippen LogP contribution < -0.4 is 0 Å². The van der Waals surface area contributed by atoms with Gasteiger partial charge in [-0.3, -0.25) is 0 Å². The maximum atomic E-state index is 13.0. The third kappa shape index (κ3) is 3.88. The van der Waals surface area contributed by atoms with Crippen LogP contribution in [0.1, 0.15) is 18.1 Å². The number of aliphatic hydroxyl groups excluding tert-OH is 1. The first kappa shape index (κ1) is 16.1. The highest BCUT2D eigenvalue weighted by Crippen LogP contribution is 2.33. The molecule has 0 aliphatic rings. The Kier molecular flexibility index (Phi) is 5.45. The summed E-state index contributed by atoms with van der Waals surface area (Å²) in [6.45, 7) is 1.67. The molecular formula is C17H16ClFOS. The van der Waals surface area contributed by atoms with Crippen LogP contribution >= 0.6 is 23.4 Å². The highest BCUT2D eigenvalue weighted by Gasteiger charge is 2.15. The molecule has 2 aromatic carbocycles. The second-order valence-electron chi connectivity index (χ2n) is 4.64. The standard InChI is InChI=1S/C17H16ClFOS/c1-11(20)16(12-5-9-15(21-2)10-6-12)17(18)13-3-7-14(19)8-4-13/h3-11,20H,1-2H3/b17-16+. The molecule has 0 amide bonds. The number of aliphatic hydroxyl groups is 1. The van der Waals surface area contributed by atoms with E-state index in [-0.39, 0.29) is 5.82 Å². The lowest BCUT2D eigenvalue weighted by Gasteiger charge is -2.15. The summed E-state index contributed by atoms with van der Waals surface area (Å²) in [5, 5.41) is 10.5. The Morgan fingerprint density at radius 1 is 1.05 bits per heavy atom. The second-order valence-corrected chi connectivity index (χ2v) is 5.90. The monoisotopic (exact) mass is 322 g/mol. The van der Waals surface area contributed by atoms with E-state index in [0.717, 1.165) is 10.5 Å². The van der Waals surface area contributed by atoms with Crippen molar-refractivity contribution < 1.29 is 9.50 Å². The zero-order chi connectivity index (χ0) is 15.4. The van der Waals surface area contributed by atoms with Crippen molar-refractivity contribution in [1.82, 2.24) is 0 Å². The lowest BCUT2D eigenvalue weighted by atomic mass is 9.98. The van der Waals surface area contributed by atoms with Crippen LogP contribution in [0.25, 0.3) is 10.6 Å². The molecule has 21 heavy (non-hydrogen) atoms. The summed E-state index contributed by atoms with van der Waals surface area (Å²) in [7, 11) is 0. The average Bonchev–Trinajstić information content (AvgIpc) is 2.48. The summed E-state index contributed by atoms with van der Waals surface area (Å²) in [6.07, 6.45) is 1.29. The Bertz CT molecular complexity index is 633. The van der Waals surface area contributed by atoms with Crippen molar-refractivity contribution in [3.63, 3.8) is 0 Å². The summed E-state index contributed by atoms with van der Waals surface area (Å²) in [5.74, 6) is -0.314. The molecule has 1 N–H and O–H groups in total. The van der Waals surface area contributed by atoms with E-state index < -0.39 is 6.10 Å². The van der Waals surface area contributed by atoms with Gasteiger partial charge in [0.25, 0.3) is 0 Å². The zero-order valence-corrected chi connectivity index (χ0v) is 13.4. The van der Waals surface area contributed by atoms with Crippen molar-refractivity contribution in [2.45, 2.75) is 17.9 Å². The Morgan fingerprint density at radius 2 is 1.57 bits per heavy atom. The van der Waals surface area contributed by atoms with E-state index in [1.54, 1.807) is 30.8 Å². The van der Waals surface area contributed by atoms with Gasteiger partial charge in [-0.2, -0.15) is 0 Å². The summed E-state index contributed by atoms with van der Waals surface area (Å²) < 4.78 is 13.0. The Hall–Kier alpha value is -1.29. The first-order chi connectivity index (χ1) is 10.0. The summed E-state index contributed by atoms with van der Waals surface area (Å²) >= 11 is 8.07. The van der Waals surface area contributed by atoms with E-state index in [4.69, 9.17) is 11.6 Å². The topological polar surface area (TPSA) is 20.2 Å². The van der Waals surface area contributed by atoms with Gasteiger partial charge in [0, 0.05) is 10.5 Å². The fourth-order valence-electron chi connectivity index (χ4n) is 2.07. The van der Waals surface area contributed by atoms with Gasteiger partial charge in [-0.05, 0) is 48.6 Å². The quantitative estimate of drug-likeness (QED) is 0.629. The summed E-state index contributed by atoms with van der Waals surface area (Å²) in [6, 6.07) is 13.8. The molecule has 0 radical (unpaired) electrons. The molecule has 2 aromatic rings. The minimum atomic E-state index is -0.720. The van der Waals surface area contributed by atoms with Crippen molar-refractivity contribution in [2.24, 2.45) is 0 Å². The van der Waals surface area contributed by atoms with E-state index in [0.29, 0.717) is 16.2 Å². The largest absolute Gasteiger partial charge is 0.389 e. The summed E-state index contributed by atoms with van der Waals surface area (Å²) in [4.78, 5) is 1.14. The van der Waals surface area contributed by atoms with Crippen molar-refractivity contribution in [1.29, 1.82) is 0 Å². The van der Waals surface area contributed by atoms with Crippen LogP contribution in [-0.2, 0) is 0 Å². The predicted octanol–water partition coefficient (Wildman–Crippen LogP) is 5.04. The zero-order valence-electron chi connectivity index (χ0n) is 11.8. The SMILES string of the molecule is CSc1ccc(/C(=C(/Cl)c2ccc(F)cc2)C(C)O)cc1. The molecule has 0 saturated heterocycles. The molecule has 1 unspecified atom stereocenters. The Morgan fingerprint density at radius 3 is 2.05 bits per heavy atom. The maximum absolute atomic E-state index is 13.0. The number of hydrogen-bond acceptors (Lipinski definition) is 2. The minimum absolute atomic E-state index is 0.314. The van der Waals surface area contributed by atoms with Crippen LogP contribution in [0.3, 0.4) is 0 Å². The molecule has 0 aliphatic heterocycles. The molecule has 110 valence electrons. The lowest BCUT2D eigenvalue weighted by Crippen LogP contribution is -2.05. The van der Waals surface area contributed by atoms with Crippen LogP contribution in [0.5, 0.6) is 0 Å². The van der Waals surface area contributed by atoms with Crippen LogP contribution in [0.15, 0.2) is 53.4 Å². The molecule has 0 spiro atoms. The van der Waals surface area contributed by atoms with Gasteiger partial charge < -0.3 is 5.11 Å². The Balaban J connectivity index is 2.49. The van der Waals surface area contributed by atoms with Gasteiger partial charge >= 0.3 is 0 Å². The fourth-order valence-corrected chi connectivity index (χ4v) is 2.87. The number of rotatable bonds is 4.